The summed E-state index contributed by atoms with van der Waals surface area (Å²) in [6.45, 7) is 9.42. The first-order valence-corrected chi connectivity index (χ1v) is 14.6. The standard InChI is InChI=1S/C33H40N2O7/c1-6-17-34(23-13-15-25(40-5)16-14-23)30(38)28-33-19-21(3)32(4,42-33)27(31(39)41-7-2)26(33)29(37)35(28)24(20-36)18-22-11-9-8-10-12-22/h6,8-16,21,24,26-28,36H,1,7,17-20H2,2-5H3/t21?,24-,26+,27-,28?,32+,33?/m1/s1. The Balaban J connectivity index is 1.64. The van der Waals surface area contributed by atoms with Gasteiger partial charge >= 0.3 is 5.97 Å². The minimum Gasteiger partial charge on any atom is -0.497 e. The van der Waals surface area contributed by atoms with Gasteiger partial charge in [-0.1, -0.05) is 43.3 Å². The maximum absolute atomic E-state index is 14.8. The smallest absolute Gasteiger partial charge is 0.312 e. The molecule has 1 spiro atoms. The summed E-state index contributed by atoms with van der Waals surface area (Å²) in [4.78, 5) is 45.9. The number of aliphatic hydroxyl groups excluding tert-OH is 1. The molecule has 3 aliphatic rings. The van der Waals surface area contributed by atoms with Crippen LogP contribution in [-0.4, -0.2) is 77.9 Å². The van der Waals surface area contributed by atoms with Crippen molar-refractivity contribution in [2.24, 2.45) is 17.8 Å². The van der Waals surface area contributed by atoms with Gasteiger partial charge in [-0.15, -0.1) is 6.58 Å². The lowest BCUT2D eigenvalue weighted by atomic mass is 9.62. The molecule has 5 rings (SSSR count). The van der Waals surface area contributed by atoms with Gasteiger partial charge in [0.25, 0.3) is 5.91 Å². The van der Waals surface area contributed by atoms with E-state index in [1.54, 1.807) is 49.3 Å². The van der Waals surface area contributed by atoms with Crippen LogP contribution in [0.4, 0.5) is 5.69 Å². The molecule has 3 heterocycles. The van der Waals surface area contributed by atoms with Crippen LogP contribution in [0.2, 0.25) is 0 Å². The number of ether oxygens (including phenoxy) is 3. The largest absolute Gasteiger partial charge is 0.497 e. The van der Waals surface area contributed by atoms with Gasteiger partial charge in [-0.25, -0.2) is 0 Å². The van der Waals surface area contributed by atoms with Crippen molar-refractivity contribution in [2.75, 3.05) is 31.8 Å². The minimum absolute atomic E-state index is 0.123. The second-order valence-electron chi connectivity index (χ2n) is 11.7. The van der Waals surface area contributed by atoms with Crippen molar-refractivity contribution in [3.8, 4) is 5.75 Å². The molecular formula is C33H40N2O7. The number of methoxy groups -OCH3 is 1. The van der Waals surface area contributed by atoms with Crippen molar-refractivity contribution in [1.29, 1.82) is 0 Å². The van der Waals surface area contributed by atoms with E-state index >= 15 is 0 Å². The molecule has 2 amide bonds. The first kappa shape index (κ1) is 29.8. The van der Waals surface area contributed by atoms with Gasteiger partial charge in [-0.2, -0.15) is 0 Å². The van der Waals surface area contributed by atoms with Crippen molar-refractivity contribution in [3.05, 3.63) is 72.8 Å². The topological polar surface area (TPSA) is 106 Å². The fraction of sp³-hybridized carbons (Fsp3) is 0.485. The molecule has 9 heteroatoms. The first-order valence-electron chi connectivity index (χ1n) is 14.6. The lowest BCUT2D eigenvalue weighted by Gasteiger charge is -2.39. The van der Waals surface area contributed by atoms with E-state index in [4.69, 9.17) is 14.2 Å². The van der Waals surface area contributed by atoms with Crippen LogP contribution in [0, 0.1) is 17.8 Å². The lowest BCUT2D eigenvalue weighted by Crippen LogP contribution is -2.59. The van der Waals surface area contributed by atoms with Crippen molar-refractivity contribution in [1.82, 2.24) is 4.90 Å². The molecule has 3 fully saturated rings. The molecule has 3 unspecified atom stereocenters. The second kappa shape index (κ2) is 11.5. The predicted molar refractivity (Wildman–Crippen MR) is 157 cm³/mol. The normalized spacial score (nSPS) is 30.1. The van der Waals surface area contributed by atoms with E-state index in [-0.39, 0.29) is 37.5 Å². The lowest BCUT2D eigenvalue weighted by molar-refractivity contribution is -0.162. The molecule has 0 radical (unpaired) electrons. The Bertz CT molecular complexity index is 1330. The summed E-state index contributed by atoms with van der Waals surface area (Å²) in [7, 11) is 1.57. The Kier molecular flexibility index (Phi) is 8.18. The SMILES string of the molecule is C=CCN(C(=O)C1N([C@@H](CO)Cc2ccccc2)C(=O)[C@@H]2[C@H](C(=O)OCC)[C@@]3(C)OC12CC3C)c1ccc(OC)cc1. The van der Waals surface area contributed by atoms with Gasteiger partial charge in [0.2, 0.25) is 5.91 Å². The van der Waals surface area contributed by atoms with Gasteiger partial charge in [0, 0.05) is 12.2 Å². The average Bonchev–Trinajstić information content (AvgIpc) is 3.51. The molecule has 0 saturated carbocycles. The maximum Gasteiger partial charge on any atom is 0.312 e. The Morgan fingerprint density at radius 3 is 2.50 bits per heavy atom. The van der Waals surface area contributed by atoms with E-state index in [0.717, 1.165) is 5.56 Å². The molecule has 2 aromatic carbocycles. The zero-order chi connectivity index (χ0) is 30.2. The Morgan fingerprint density at radius 2 is 1.90 bits per heavy atom. The molecule has 7 atom stereocenters. The number of rotatable bonds is 11. The van der Waals surface area contributed by atoms with Gasteiger partial charge in [-0.05, 0) is 62.4 Å². The third kappa shape index (κ3) is 4.59. The number of benzene rings is 2. The summed E-state index contributed by atoms with van der Waals surface area (Å²) in [5.41, 5.74) is -0.731. The number of carbonyl (C=O) groups is 3. The average molecular weight is 577 g/mol. The minimum atomic E-state index is -1.27. The number of hydrogen-bond donors (Lipinski definition) is 1. The zero-order valence-corrected chi connectivity index (χ0v) is 24.7. The van der Waals surface area contributed by atoms with Gasteiger partial charge in [0.05, 0.1) is 37.9 Å². The van der Waals surface area contributed by atoms with Crippen LogP contribution in [0.15, 0.2) is 67.3 Å². The van der Waals surface area contributed by atoms with Gasteiger partial charge in [0.1, 0.15) is 23.3 Å². The summed E-state index contributed by atoms with van der Waals surface area (Å²) in [6.07, 6.45) is 2.37. The van der Waals surface area contributed by atoms with Crippen molar-refractivity contribution >= 4 is 23.5 Å². The highest BCUT2D eigenvalue weighted by atomic mass is 16.6. The van der Waals surface area contributed by atoms with E-state index in [1.807, 2.05) is 44.2 Å². The van der Waals surface area contributed by atoms with Gasteiger partial charge < -0.3 is 29.1 Å². The molecule has 2 aromatic rings. The quantitative estimate of drug-likeness (QED) is 0.323. The van der Waals surface area contributed by atoms with Crippen LogP contribution in [0.1, 0.15) is 32.8 Å². The fourth-order valence-corrected chi connectivity index (χ4v) is 7.44. The number of hydrogen-bond acceptors (Lipinski definition) is 7. The summed E-state index contributed by atoms with van der Waals surface area (Å²) < 4.78 is 17.6. The third-order valence-corrected chi connectivity index (χ3v) is 9.41. The Hall–Kier alpha value is -3.69. The molecule has 0 aliphatic carbocycles. The number of amides is 2. The van der Waals surface area contributed by atoms with E-state index in [2.05, 4.69) is 6.58 Å². The highest BCUT2D eigenvalue weighted by Crippen LogP contribution is 2.65. The number of esters is 1. The summed E-state index contributed by atoms with van der Waals surface area (Å²) in [6, 6.07) is 14.8. The monoisotopic (exact) mass is 576 g/mol. The number of aliphatic hydroxyl groups is 1. The van der Waals surface area contributed by atoms with Crippen LogP contribution in [0.3, 0.4) is 0 Å². The third-order valence-electron chi connectivity index (χ3n) is 9.41. The van der Waals surface area contributed by atoms with Gasteiger partial charge in [0.15, 0.2) is 0 Å². The second-order valence-corrected chi connectivity index (χ2v) is 11.7. The zero-order valence-electron chi connectivity index (χ0n) is 24.7. The molecular weight excluding hydrogens is 536 g/mol. The highest BCUT2D eigenvalue weighted by molar-refractivity contribution is 6.05. The van der Waals surface area contributed by atoms with Gasteiger partial charge in [-0.3, -0.25) is 14.4 Å². The molecule has 42 heavy (non-hydrogen) atoms. The number of anilines is 1. The van der Waals surface area contributed by atoms with Crippen molar-refractivity contribution in [3.63, 3.8) is 0 Å². The van der Waals surface area contributed by atoms with E-state index in [1.165, 1.54) is 4.90 Å². The van der Waals surface area contributed by atoms with E-state index < -0.39 is 41.1 Å². The van der Waals surface area contributed by atoms with Crippen molar-refractivity contribution < 1.29 is 33.7 Å². The molecule has 3 aliphatic heterocycles. The fourth-order valence-electron chi connectivity index (χ4n) is 7.44. The Labute approximate surface area is 247 Å². The first-order chi connectivity index (χ1) is 20.2. The summed E-state index contributed by atoms with van der Waals surface area (Å²) in [5.74, 6) is -2.50. The van der Waals surface area contributed by atoms with Crippen LogP contribution in [-0.2, 0) is 30.3 Å². The van der Waals surface area contributed by atoms with Crippen LogP contribution < -0.4 is 9.64 Å². The van der Waals surface area contributed by atoms with Crippen LogP contribution >= 0.6 is 0 Å². The number of likely N-dealkylation sites (tertiary alicyclic amines) is 1. The van der Waals surface area contributed by atoms with E-state index in [0.29, 0.717) is 24.3 Å². The van der Waals surface area contributed by atoms with Crippen LogP contribution in [0.25, 0.3) is 0 Å². The molecule has 9 nitrogen and oxygen atoms in total. The number of carbonyl (C=O) groups excluding carboxylic acids is 3. The highest BCUT2D eigenvalue weighted by Gasteiger charge is 2.80. The van der Waals surface area contributed by atoms with Crippen LogP contribution in [0.5, 0.6) is 5.75 Å². The van der Waals surface area contributed by atoms with Crippen molar-refractivity contribution in [2.45, 2.75) is 56.9 Å². The predicted octanol–water partition coefficient (Wildman–Crippen LogP) is 3.39. The maximum atomic E-state index is 14.8. The summed E-state index contributed by atoms with van der Waals surface area (Å²) in [5, 5.41) is 10.7. The number of nitrogens with zero attached hydrogens (tertiary/aromatic N) is 2. The Morgan fingerprint density at radius 1 is 1.21 bits per heavy atom. The summed E-state index contributed by atoms with van der Waals surface area (Å²) >= 11 is 0. The molecule has 3 saturated heterocycles. The molecule has 224 valence electrons. The number of fused-ring (bicyclic) bond motifs is 1. The molecule has 2 bridgehead atoms. The van der Waals surface area contributed by atoms with E-state index in [9.17, 15) is 19.5 Å². The molecule has 1 N–H and O–H groups in total. The molecule has 0 aromatic heterocycles.